The van der Waals surface area contributed by atoms with Gasteiger partial charge in [0.15, 0.2) is 0 Å². The van der Waals surface area contributed by atoms with Crippen LogP contribution < -0.4 is 10.6 Å². The Labute approximate surface area is 178 Å². The second kappa shape index (κ2) is 8.92. The number of amides is 2. The fourth-order valence-corrected chi connectivity index (χ4v) is 3.19. The van der Waals surface area contributed by atoms with Gasteiger partial charge in [-0.3, -0.25) is 9.59 Å². The van der Waals surface area contributed by atoms with Gasteiger partial charge in [0.1, 0.15) is 5.82 Å². The number of hydrogen-bond acceptors (Lipinski definition) is 3. The van der Waals surface area contributed by atoms with Gasteiger partial charge in [0.25, 0.3) is 0 Å². The van der Waals surface area contributed by atoms with E-state index >= 15 is 0 Å². The van der Waals surface area contributed by atoms with Crippen molar-refractivity contribution in [2.45, 2.75) is 20.8 Å². The highest BCUT2D eigenvalue weighted by molar-refractivity contribution is 6.34. The number of carbonyl (C=O) groups excluding carboxylic acids is 2. The van der Waals surface area contributed by atoms with Crippen molar-refractivity contribution in [2.75, 3.05) is 10.6 Å². The van der Waals surface area contributed by atoms with E-state index in [-0.39, 0.29) is 17.6 Å². The minimum absolute atomic E-state index is 0.210. The van der Waals surface area contributed by atoms with Crippen molar-refractivity contribution < 1.29 is 14.0 Å². The molecular weight excluding hydrogens is 407 g/mol. The van der Waals surface area contributed by atoms with Gasteiger partial charge < -0.3 is 10.6 Å². The van der Waals surface area contributed by atoms with E-state index in [2.05, 4.69) is 15.7 Å². The van der Waals surface area contributed by atoms with E-state index in [1.807, 2.05) is 13.8 Å². The monoisotopic (exact) mass is 426 g/mol. The van der Waals surface area contributed by atoms with Crippen LogP contribution in [0.4, 0.5) is 15.8 Å². The normalized spacial score (nSPS) is 11.0. The van der Waals surface area contributed by atoms with Gasteiger partial charge in [-0.05, 0) is 62.4 Å². The van der Waals surface area contributed by atoms with Crippen LogP contribution in [-0.4, -0.2) is 21.6 Å². The standard InChI is InChI=1S/C22H20ClFN4O2/c1-13-19(14(2)28(27-13)18-7-4-16(24)5-8-18)9-11-22(30)26-21-10-6-17(12-20(21)23)25-15(3)29/h4-12H,1-3H3,(H,25,29)(H,26,30)/b11-9+. The molecule has 0 unspecified atom stereocenters. The Morgan fingerprint density at radius 1 is 1.10 bits per heavy atom. The van der Waals surface area contributed by atoms with Crippen LogP contribution in [0, 0.1) is 19.7 Å². The van der Waals surface area contributed by atoms with Crippen LogP contribution >= 0.6 is 11.6 Å². The summed E-state index contributed by atoms with van der Waals surface area (Å²) in [4.78, 5) is 23.5. The molecule has 0 aliphatic carbocycles. The molecule has 3 aromatic rings. The number of aryl methyl sites for hydroxylation is 1. The zero-order valence-electron chi connectivity index (χ0n) is 16.7. The highest BCUT2D eigenvalue weighted by Gasteiger charge is 2.12. The summed E-state index contributed by atoms with van der Waals surface area (Å²) < 4.78 is 14.9. The number of nitrogens with zero attached hydrogens (tertiary/aromatic N) is 2. The second-order valence-corrected chi connectivity index (χ2v) is 7.08. The lowest BCUT2D eigenvalue weighted by Gasteiger charge is -2.08. The Kier molecular flexibility index (Phi) is 6.32. The third kappa shape index (κ3) is 4.93. The molecule has 30 heavy (non-hydrogen) atoms. The number of nitrogens with one attached hydrogen (secondary N) is 2. The first-order valence-corrected chi connectivity index (χ1v) is 9.51. The van der Waals surface area contributed by atoms with Crippen molar-refractivity contribution in [3.05, 3.63) is 76.3 Å². The largest absolute Gasteiger partial charge is 0.326 e. The molecule has 0 spiro atoms. The topological polar surface area (TPSA) is 76.0 Å². The first-order chi connectivity index (χ1) is 14.2. The third-order valence-electron chi connectivity index (χ3n) is 4.37. The van der Waals surface area contributed by atoms with Crippen LogP contribution in [0.25, 0.3) is 11.8 Å². The lowest BCUT2D eigenvalue weighted by Crippen LogP contribution is -2.09. The Morgan fingerprint density at radius 3 is 2.43 bits per heavy atom. The number of carbonyl (C=O) groups is 2. The summed E-state index contributed by atoms with van der Waals surface area (Å²) in [7, 11) is 0. The molecular formula is C22H20ClFN4O2. The molecule has 0 aliphatic rings. The Hall–Kier alpha value is -3.45. The SMILES string of the molecule is CC(=O)Nc1ccc(NC(=O)/C=C/c2c(C)nn(-c3ccc(F)cc3)c2C)c(Cl)c1. The van der Waals surface area contributed by atoms with Gasteiger partial charge in [-0.25, -0.2) is 9.07 Å². The molecule has 0 saturated carbocycles. The number of rotatable bonds is 5. The summed E-state index contributed by atoms with van der Waals surface area (Å²) in [5.41, 5.74) is 4.05. The predicted molar refractivity (Wildman–Crippen MR) is 116 cm³/mol. The smallest absolute Gasteiger partial charge is 0.248 e. The lowest BCUT2D eigenvalue weighted by molar-refractivity contribution is -0.114. The van der Waals surface area contributed by atoms with Gasteiger partial charge in [-0.2, -0.15) is 5.10 Å². The van der Waals surface area contributed by atoms with E-state index < -0.39 is 0 Å². The molecule has 0 aliphatic heterocycles. The number of aromatic nitrogens is 2. The molecule has 2 amide bonds. The molecule has 0 radical (unpaired) electrons. The molecule has 2 N–H and O–H groups in total. The maximum absolute atomic E-state index is 13.2. The number of anilines is 2. The van der Waals surface area contributed by atoms with Crippen LogP contribution in [0.3, 0.4) is 0 Å². The third-order valence-corrected chi connectivity index (χ3v) is 4.68. The van der Waals surface area contributed by atoms with Crippen LogP contribution in [0.2, 0.25) is 5.02 Å². The van der Waals surface area contributed by atoms with Crippen LogP contribution in [-0.2, 0) is 9.59 Å². The number of hydrogen-bond donors (Lipinski definition) is 2. The molecule has 8 heteroatoms. The molecule has 0 bridgehead atoms. The minimum atomic E-state index is -0.363. The van der Waals surface area contributed by atoms with E-state index in [1.54, 1.807) is 41.1 Å². The van der Waals surface area contributed by atoms with E-state index in [4.69, 9.17) is 11.6 Å². The number of halogens is 2. The second-order valence-electron chi connectivity index (χ2n) is 6.67. The van der Waals surface area contributed by atoms with Crippen molar-refractivity contribution in [2.24, 2.45) is 0 Å². The number of benzene rings is 2. The van der Waals surface area contributed by atoms with Crippen LogP contribution in [0.5, 0.6) is 0 Å². The zero-order valence-corrected chi connectivity index (χ0v) is 17.4. The maximum atomic E-state index is 13.2. The molecule has 1 aromatic heterocycles. The van der Waals surface area contributed by atoms with Gasteiger partial charge in [-0.15, -0.1) is 0 Å². The van der Waals surface area contributed by atoms with Crippen LogP contribution in [0.1, 0.15) is 23.9 Å². The first-order valence-electron chi connectivity index (χ1n) is 9.13. The highest BCUT2D eigenvalue weighted by atomic mass is 35.5. The molecule has 2 aromatic carbocycles. The molecule has 0 atom stereocenters. The maximum Gasteiger partial charge on any atom is 0.248 e. The predicted octanol–water partition coefficient (Wildman–Crippen LogP) is 4.89. The van der Waals surface area contributed by atoms with Crippen molar-refractivity contribution in [3.8, 4) is 5.69 Å². The van der Waals surface area contributed by atoms with Crippen LogP contribution in [0.15, 0.2) is 48.5 Å². The molecule has 154 valence electrons. The fourth-order valence-electron chi connectivity index (χ4n) is 2.96. The Balaban J connectivity index is 1.75. The Bertz CT molecular complexity index is 1140. The molecule has 1 heterocycles. The van der Waals surface area contributed by atoms with Crippen molar-refractivity contribution in [1.82, 2.24) is 9.78 Å². The van der Waals surface area contributed by atoms with E-state index in [1.165, 1.54) is 25.1 Å². The summed E-state index contributed by atoms with van der Waals surface area (Å²) in [5, 5.41) is 10.1. The van der Waals surface area contributed by atoms with Crippen molar-refractivity contribution >= 4 is 40.9 Å². The fraction of sp³-hybridized carbons (Fsp3) is 0.136. The minimum Gasteiger partial charge on any atom is -0.326 e. The zero-order chi connectivity index (χ0) is 21.8. The quantitative estimate of drug-likeness (QED) is 0.570. The van der Waals surface area contributed by atoms with Gasteiger partial charge in [0.05, 0.1) is 22.1 Å². The van der Waals surface area contributed by atoms with E-state index in [9.17, 15) is 14.0 Å². The average molecular weight is 427 g/mol. The van der Waals surface area contributed by atoms with E-state index in [0.717, 1.165) is 22.6 Å². The van der Waals surface area contributed by atoms with Gasteiger partial charge in [-0.1, -0.05) is 11.6 Å². The molecule has 6 nitrogen and oxygen atoms in total. The van der Waals surface area contributed by atoms with Gasteiger partial charge in [0.2, 0.25) is 11.8 Å². The summed E-state index contributed by atoms with van der Waals surface area (Å²) in [6.45, 7) is 5.11. The average Bonchev–Trinajstić information content (AvgIpc) is 2.96. The first kappa shape index (κ1) is 21.3. The van der Waals surface area contributed by atoms with E-state index in [0.29, 0.717) is 16.4 Å². The summed E-state index contributed by atoms with van der Waals surface area (Å²) in [5.74, 6) is -0.893. The van der Waals surface area contributed by atoms with Gasteiger partial charge in [0, 0.05) is 29.9 Å². The summed E-state index contributed by atoms with van der Waals surface area (Å²) >= 11 is 6.18. The van der Waals surface area contributed by atoms with Gasteiger partial charge >= 0.3 is 0 Å². The molecule has 0 fully saturated rings. The lowest BCUT2D eigenvalue weighted by atomic mass is 10.2. The highest BCUT2D eigenvalue weighted by Crippen LogP contribution is 2.26. The summed E-state index contributed by atoms with van der Waals surface area (Å²) in [6, 6.07) is 10.8. The molecule has 0 saturated heterocycles. The summed E-state index contributed by atoms with van der Waals surface area (Å²) in [6.07, 6.45) is 3.07. The van der Waals surface area contributed by atoms with Crippen molar-refractivity contribution in [1.29, 1.82) is 0 Å². The molecule has 3 rings (SSSR count). The van der Waals surface area contributed by atoms with Crippen molar-refractivity contribution in [3.63, 3.8) is 0 Å². The Morgan fingerprint density at radius 2 is 1.80 bits per heavy atom.